The van der Waals surface area contributed by atoms with Gasteiger partial charge in [0.2, 0.25) is 5.91 Å². The highest BCUT2D eigenvalue weighted by Crippen LogP contribution is 2.29. The van der Waals surface area contributed by atoms with E-state index in [4.69, 9.17) is 4.42 Å². The molecule has 0 spiro atoms. The lowest BCUT2D eigenvalue weighted by Crippen LogP contribution is -2.30. The SMILES string of the molecule is O=C(CCCn1c(=O)oc2ccccc21)N(Cc1ccccc1)c1nc(-c2ccc(F)cc2)cs1. The summed E-state index contributed by atoms with van der Waals surface area (Å²) in [5.74, 6) is -0.826. The predicted octanol–water partition coefficient (Wildman–Crippen LogP) is 5.87. The first-order valence-electron chi connectivity index (χ1n) is 11.2. The minimum Gasteiger partial charge on any atom is -0.408 e. The van der Waals surface area contributed by atoms with E-state index >= 15 is 0 Å². The van der Waals surface area contributed by atoms with Gasteiger partial charge in [0.1, 0.15) is 5.82 Å². The van der Waals surface area contributed by atoms with Crippen molar-refractivity contribution in [3.8, 4) is 11.3 Å². The van der Waals surface area contributed by atoms with E-state index in [1.54, 1.807) is 27.7 Å². The van der Waals surface area contributed by atoms with Crippen LogP contribution >= 0.6 is 11.3 Å². The highest BCUT2D eigenvalue weighted by atomic mass is 32.1. The third-order valence-electron chi connectivity index (χ3n) is 5.69. The maximum atomic E-state index is 13.3. The summed E-state index contributed by atoms with van der Waals surface area (Å²) in [5.41, 5.74) is 3.71. The van der Waals surface area contributed by atoms with Crippen LogP contribution in [0.5, 0.6) is 0 Å². The third-order valence-corrected chi connectivity index (χ3v) is 6.56. The number of benzene rings is 3. The number of carbonyl (C=O) groups excluding carboxylic acids is 1. The average molecular weight is 488 g/mol. The van der Waals surface area contributed by atoms with Crippen molar-refractivity contribution in [3.63, 3.8) is 0 Å². The summed E-state index contributed by atoms with van der Waals surface area (Å²) in [5, 5.41) is 2.44. The Balaban J connectivity index is 1.35. The molecule has 0 atom stereocenters. The van der Waals surface area contributed by atoms with Crippen LogP contribution in [0.4, 0.5) is 9.52 Å². The quantitative estimate of drug-likeness (QED) is 0.275. The molecule has 35 heavy (non-hydrogen) atoms. The number of amides is 1. The molecule has 1 amide bonds. The van der Waals surface area contributed by atoms with Crippen LogP contribution in [0, 0.1) is 5.82 Å². The van der Waals surface area contributed by atoms with Gasteiger partial charge in [-0.1, -0.05) is 42.5 Å². The lowest BCUT2D eigenvalue weighted by Gasteiger charge is -2.20. The number of hydrogen-bond donors (Lipinski definition) is 0. The molecule has 176 valence electrons. The predicted molar refractivity (Wildman–Crippen MR) is 135 cm³/mol. The number of aromatic nitrogens is 2. The smallest absolute Gasteiger partial charge is 0.408 e. The summed E-state index contributed by atoms with van der Waals surface area (Å²) in [4.78, 5) is 31.9. The molecule has 0 aliphatic heterocycles. The normalized spacial score (nSPS) is 11.1. The monoisotopic (exact) mass is 487 g/mol. The number of anilines is 1. The van der Waals surface area contributed by atoms with Gasteiger partial charge < -0.3 is 4.42 Å². The molecule has 5 rings (SSSR count). The van der Waals surface area contributed by atoms with Crippen LogP contribution in [-0.4, -0.2) is 15.5 Å². The summed E-state index contributed by atoms with van der Waals surface area (Å²) in [6.45, 7) is 0.754. The largest absolute Gasteiger partial charge is 0.419 e. The fourth-order valence-corrected chi connectivity index (χ4v) is 4.77. The van der Waals surface area contributed by atoms with Crippen molar-refractivity contribution in [2.75, 3.05) is 4.90 Å². The number of aryl methyl sites for hydroxylation is 1. The summed E-state index contributed by atoms with van der Waals surface area (Å²) >= 11 is 1.37. The second-order valence-corrected chi connectivity index (χ2v) is 8.92. The second-order valence-electron chi connectivity index (χ2n) is 8.08. The van der Waals surface area contributed by atoms with Crippen LogP contribution in [-0.2, 0) is 17.9 Å². The average Bonchev–Trinajstić information content (AvgIpc) is 3.48. The van der Waals surface area contributed by atoms with Crippen LogP contribution in [0.3, 0.4) is 0 Å². The highest BCUT2D eigenvalue weighted by Gasteiger charge is 2.20. The van der Waals surface area contributed by atoms with Crippen LogP contribution in [0.1, 0.15) is 18.4 Å². The van der Waals surface area contributed by atoms with Crippen molar-refractivity contribution in [1.29, 1.82) is 0 Å². The number of oxazole rings is 1. The van der Waals surface area contributed by atoms with Crippen molar-refractivity contribution >= 4 is 33.5 Å². The van der Waals surface area contributed by atoms with Gasteiger partial charge in [0.15, 0.2) is 10.7 Å². The minimum absolute atomic E-state index is 0.0882. The van der Waals surface area contributed by atoms with E-state index in [1.165, 1.54) is 23.5 Å². The van der Waals surface area contributed by atoms with E-state index in [-0.39, 0.29) is 18.1 Å². The number of fused-ring (bicyclic) bond motifs is 1. The van der Waals surface area contributed by atoms with Gasteiger partial charge >= 0.3 is 5.76 Å². The lowest BCUT2D eigenvalue weighted by molar-refractivity contribution is -0.118. The first kappa shape index (κ1) is 22.7. The maximum absolute atomic E-state index is 13.3. The molecule has 8 heteroatoms. The molecule has 6 nitrogen and oxygen atoms in total. The number of hydrogen-bond acceptors (Lipinski definition) is 5. The molecular weight excluding hydrogens is 465 g/mol. The molecule has 2 aromatic heterocycles. The molecule has 0 unspecified atom stereocenters. The van der Waals surface area contributed by atoms with Crippen molar-refractivity contribution in [2.24, 2.45) is 0 Å². The second kappa shape index (κ2) is 10.1. The number of thiazole rings is 1. The Bertz CT molecular complexity index is 1510. The molecule has 0 saturated carbocycles. The minimum atomic E-state index is -0.427. The zero-order valence-electron chi connectivity index (χ0n) is 18.8. The number of halogens is 1. The Morgan fingerprint density at radius 1 is 1.00 bits per heavy atom. The number of rotatable bonds is 8. The summed E-state index contributed by atoms with van der Waals surface area (Å²) in [6, 6.07) is 23.1. The van der Waals surface area contributed by atoms with E-state index in [2.05, 4.69) is 4.98 Å². The molecule has 0 saturated heterocycles. The summed E-state index contributed by atoms with van der Waals surface area (Å²) < 4.78 is 20.2. The van der Waals surface area contributed by atoms with Gasteiger partial charge in [-0.05, 0) is 48.4 Å². The Labute approximate surface area is 204 Å². The van der Waals surface area contributed by atoms with Gasteiger partial charge in [-0.3, -0.25) is 14.3 Å². The molecule has 0 aliphatic rings. The van der Waals surface area contributed by atoms with Gasteiger partial charge in [-0.25, -0.2) is 14.2 Å². The zero-order valence-corrected chi connectivity index (χ0v) is 19.6. The van der Waals surface area contributed by atoms with Gasteiger partial charge in [-0.2, -0.15) is 0 Å². The molecule has 0 bridgehead atoms. The first-order chi connectivity index (χ1) is 17.1. The number of carbonyl (C=O) groups is 1. The van der Waals surface area contributed by atoms with Gasteiger partial charge in [0.25, 0.3) is 0 Å². The van der Waals surface area contributed by atoms with Crippen LogP contribution < -0.4 is 10.7 Å². The van der Waals surface area contributed by atoms with Crippen molar-refractivity contribution in [3.05, 3.63) is 106 Å². The summed E-state index contributed by atoms with van der Waals surface area (Å²) in [7, 11) is 0. The van der Waals surface area contributed by atoms with E-state index in [0.717, 1.165) is 16.6 Å². The third kappa shape index (κ3) is 5.07. The van der Waals surface area contributed by atoms with Gasteiger partial charge in [0.05, 0.1) is 17.8 Å². The fourth-order valence-electron chi connectivity index (χ4n) is 3.92. The van der Waals surface area contributed by atoms with E-state index in [1.807, 2.05) is 53.9 Å². The highest BCUT2D eigenvalue weighted by molar-refractivity contribution is 7.14. The molecule has 0 fully saturated rings. The summed E-state index contributed by atoms with van der Waals surface area (Å²) in [6.07, 6.45) is 0.716. The first-order valence-corrected chi connectivity index (χ1v) is 12.1. The Morgan fingerprint density at radius 3 is 2.54 bits per heavy atom. The van der Waals surface area contributed by atoms with Crippen molar-refractivity contribution < 1.29 is 13.6 Å². The van der Waals surface area contributed by atoms with Gasteiger partial charge in [0, 0.05) is 23.9 Å². The molecule has 2 heterocycles. The molecule has 3 aromatic carbocycles. The standard InChI is InChI=1S/C27H22FN3O3S/c28-21-14-12-20(13-15-21)22-18-35-26(29-22)31(17-19-7-2-1-3-8-19)25(32)11-6-16-30-23-9-4-5-10-24(23)34-27(30)33/h1-5,7-10,12-15,18H,6,11,16-17H2. The van der Waals surface area contributed by atoms with Crippen molar-refractivity contribution in [1.82, 2.24) is 9.55 Å². The maximum Gasteiger partial charge on any atom is 0.419 e. The Hall–Kier alpha value is -4.04. The van der Waals surface area contributed by atoms with E-state index < -0.39 is 5.76 Å². The van der Waals surface area contributed by atoms with E-state index in [0.29, 0.717) is 35.9 Å². The number of nitrogens with zero attached hydrogens (tertiary/aromatic N) is 3. The molecule has 0 aliphatic carbocycles. The molecule has 5 aromatic rings. The van der Waals surface area contributed by atoms with Gasteiger partial charge in [-0.15, -0.1) is 11.3 Å². The van der Waals surface area contributed by atoms with Crippen LogP contribution in [0.25, 0.3) is 22.4 Å². The van der Waals surface area contributed by atoms with Crippen LogP contribution in [0.2, 0.25) is 0 Å². The van der Waals surface area contributed by atoms with E-state index in [9.17, 15) is 14.0 Å². The molecule has 0 radical (unpaired) electrons. The fraction of sp³-hybridized carbons (Fsp3) is 0.148. The van der Waals surface area contributed by atoms with Crippen molar-refractivity contribution in [2.45, 2.75) is 25.9 Å². The molecule has 0 N–H and O–H groups in total. The Morgan fingerprint density at radius 2 is 1.74 bits per heavy atom. The molecular formula is C27H22FN3O3S. The topological polar surface area (TPSA) is 68.3 Å². The Kier molecular flexibility index (Phi) is 6.54. The zero-order chi connectivity index (χ0) is 24.2. The lowest BCUT2D eigenvalue weighted by atomic mass is 10.2. The van der Waals surface area contributed by atoms with Crippen LogP contribution in [0.15, 0.2) is 93.5 Å². The number of para-hydroxylation sites is 2.